The average Bonchev–Trinajstić information content (AvgIpc) is 2.37. The number of methoxy groups -OCH3 is 1. The van der Waals surface area contributed by atoms with Crippen LogP contribution in [0.25, 0.3) is 0 Å². The number of ether oxygens (including phenoxy) is 3. The summed E-state index contributed by atoms with van der Waals surface area (Å²) < 4.78 is 16.1. The van der Waals surface area contributed by atoms with Crippen LogP contribution in [-0.4, -0.2) is 26.9 Å². The van der Waals surface area contributed by atoms with Gasteiger partial charge in [-0.2, -0.15) is 0 Å². The molecule has 4 nitrogen and oxygen atoms in total. The molecule has 2 N–H and O–H groups in total. The summed E-state index contributed by atoms with van der Waals surface area (Å²) in [5.74, 6) is 1.59. The van der Waals surface area contributed by atoms with Crippen molar-refractivity contribution in [3.8, 4) is 11.5 Å². The summed E-state index contributed by atoms with van der Waals surface area (Å²) in [4.78, 5) is 0. The maximum atomic E-state index is 5.65. The molecule has 0 fully saturated rings. The Morgan fingerprint density at radius 2 is 1.94 bits per heavy atom. The second-order valence-electron chi connectivity index (χ2n) is 3.66. The molecule has 0 aliphatic heterocycles. The first-order valence-corrected chi connectivity index (χ1v) is 5.89. The van der Waals surface area contributed by atoms with Crippen LogP contribution in [-0.2, 0) is 11.3 Å². The van der Waals surface area contributed by atoms with E-state index in [-0.39, 0.29) is 0 Å². The van der Waals surface area contributed by atoms with Gasteiger partial charge in [0, 0.05) is 25.3 Å². The van der Waals surface area contributed by atoms with E-state index in [2.05, 4.69) is 6.92 Å². The lowest BCUT2D eigenvalue weighted by molar-refractivity contribution is 0.145. The Morgan fingerprint density at radius 1 is 1.12 bits per heavy atom. The molecule has 96 valence electrons. The molecular weight excluding hydrogens is 218 g/mol. The molecule has 0 aliphatic rings. The molecule has 0 bridgehead atoms. The van der Waals surface area contributed by atoms with E-state index in [9.17, 15) is 0 Å². The van der Waals surface area contributed by atoms with Crippen LogP contribution >= 0.6 is 0 Å². The Kier molecular flexibility index (Phi) is 6.43. The number of rotatable bonds is 8. The lowest BCUT2D eigenvalue weighted by atomic mass is 10.2. The highest BCUT2D eigenvalue weighted by atomic mass is 16.5. The SMILES string of the molecule is CCCOc1ccc(CN)c(OCCOC)c1. The standard InChI is InChI=1S/C13H21NO3/c1-3-6-16-12-5-4-11(10-14)13(9-12)17-8-7-15-2/h4-5,9H,3,6-8,10,14H2,1-2H3. The zero-order chi connectivity index (χ0) is 12.5. The summed E-state index contributed by atoms with van der Waals surface area (Å²) in [5, 5.41) is 0. The fraction of sp³-hybridized carbons (Fsp3) is 0.538. The zero-order valence-electron chi connectivity index (χ0n) is 10.6. The fourth-order valence-electron chi connectivity index (χ4n) is 1.38. The van der Waals surface area contributed by atoms with Gasteiger partial charge in [-0.25, -0.2) is 0 Å². The van der Waals surface area contributed by atoms with E-state index in [0.717, 1.165) is 23.5 Å². The maximum Gasteiger partial charge on any atom is 0.127 e. The van der Waals surface area contributed by atoms with Crippen LogP contribution in [0.5, 0.6) is 11.5 Å². The van der Waals surface area contributed by atoms with Gasteiger partial charge in [-0.3, -0.25) is 0 Å². The predicted octanol–water partition coefficient (Wildman–Crippen LogP) is 1.96. The smallest absolute Gasteiger partial charge is 0.127 e. The highest BCUT2D eigenvalue weighted by Gasteiger charge is 2.04. The van der Waals surface area contributed by atoms with Crippen molar-refractivity contribution in [2.24, 2.45) is 5.73 Å². The molecule has 1 aromatic rings. The highest BCUT2D eigenvalue weighted by molar-refractivity contribution is 5.40. The van der Waals surface area contributed by atoms with Gasteiger partial charge in [0.1, 0.15) is 18.1 Å². The molecule has 1 aromatic carbocycles. The van der Waals surface area contributed by atoms with E-state index in [0.29, 0.717) is 26.4 Å². The number of benzene rings is 1. The minimum Gasteiger partial charge on any atom is -0.493 e. The van der Waals surface area contributed by atoms with Gasteiger partial charge >= 0.3 is 0 Å². The Labute approximate surface area is 103 Å². The second kappa shape index (κ2) is 7.92. The zero-order valence-corrected chi connectivity index (χ0v) is 10.6. The summed E-state index contributed by atoms with van der Waals surface area (Å²) in [5.41, 5.74) is 6.63. The van der Waals surface area contributed by atoms with Gasteiger partial charge < -0.3 is 19.9 Å². The third-order valence-corrected chi connectivity index (χ3v) is 2.28. The first kappa shape index (κ1) is 13.8. The van der Waals surface area contributed by atoms with Crippen molar-refractivity contribution in [3.05, 3.63) is 23.8 Å². The van der Waals surface area contributed by atoms with E-state index in [1.807, 2.05) is 18.2 Å². The Morgan fingerprint density at radius 3 is 2.59 bits per heavy atom. The molecule has 4 heteroatoms. The van der Waals surface area contributed by atoms with Gasteiger partial charge in [0.2, 0.25) is 0 Å². The van der Waals surface area contributed by atoms with Crippen LogP contribution in [0.2, 0.25) is 0 Å². The lowest BCUT2D eigenvalue weighted by Crippen LogP contribution is -2.08. The molecule has 0 heterocycles. The normalized spacial score (nSPS) is 10.3. The van der Waals surface area contributed by atoms with Crippen molar-refractivity contribution in [2.75, 3.05) is 26.9 Å². The first-order valence-electron chi connectivity index (χ1n) is 5.89. The molecule has 0 saturated heterocycles. The largest absolute Gasteiger partial charge is 0.493 e. The lowest BCUT2D eigenvalue weighted by Gasteiger charge is -2.12. The first-order chi connectivity index (χ1) is 8.31. The summed E-state index contributed by atoms with van der Waals surface area (Å²) in [6, 6.07) is 5.74. The van der Waals surface area contributed by atoms with Gasteiger partial charge in [-0.15, -0.1) is 0 Å². The Hall–Kier alpha value is -1.26. The van der Waals surface area contributed by atoms with Gasteiger partial charge in [-0.1, -0.05) is 13.0 Å². The van der Waals surface area contributed by atoms with Gasteiger partial charge in [-0.05, 0) is 12.5 Å². The van der Waals surface area contributed by atoms with Gasteiger partial charge in [0.15, 0.2) is 0 Å². The quantitative estimate of drug-likeness (QED) is 0.705. The predicted molar refractivity (Wildman–Crippen MR) is 67.5 cm³/mol. The molecule has 0 radical (unpaired) electrons. The molecule has 0 amide bonds. The number of hydrogen-bond donors (Lipinski definition) is 1. The van der Waals surface area contributed by atoms with E-state index in [4.69, 9.17) is 19.9 Å². The highest BCUT2D eigenvalue weighted by Crippen LogP contribution is 2.24. The Bertz CT molecular complexity index is 328. The van der Waals surface area contributed by atoms with Gasteiger partial charge in [0.25, 0.3) is 0 Å². The average molecular weight is 239 g/mol. The van der Waals surface area contributed by atoms with Crippen LogP contribution in [0.4, 0.5) is 0 Å². The third kappa shape index (κ3) is 4.63. The van der Waals surface area contributed by atoms with Crippen LogP contribution < -0.4 is 15.2 Å². The summed E-state index contributed by atoms with van der Waals surface area (Å²) in [7, 11) is 1.65. The summed E-state index contributed by atoms with van der Waals surface area (Å²) >= 11 is 0. The van der Waals surface area contributed by atoms with Gasteiger partial charge in [0.05, 0.1) is 13.2 Å². The topological polar surface area (TPSA) is 53.7 Å². The van der Waals surface area contributed by atoms with Crippen molar-refractivity contribution in [2.45, 2.75) is 19.9 Å². The number of nitrogens with two attached hydrogens (primary N) is 1. The summed E-state index contributed by atoms with van der Waals surface area (Å²) in [6.07, 6.45) is 0.985. The van der Waals surface area contributed by atoms with E-state index in [1.165, 1.54) is 0 Å². The van der Waals surface area contributed by atoms with Crippen molar-refractivity contribution < 1.29 is 14.2 Å². The van der Waals surface area contributed by atoms with E-state index in [1.54, 1.807) is 7.11 Å². The maximum absolute atomic E-state index is 5.65. The minimum atomic E-state index is 0.455. The van der Waals surface area contributed by atoms with E-state index < -0.39 is 0 Å². The molecule has 0 aliphatic carbocycles. The fourth-order valence-corrected chi connectivity index (χ4v) is 1.38. The van der Waals surface area contributed by atoms with Crippen LogP contribution in [0.15, 0.2) is 18.2 Å². The third-order valence-electron chi connectivity index (χ3n) is 2.28. The molecule has 0 aromatic heterocycles. The monoisotopic (exact) mass is 239 g/mol. The molecule has 0 unspecified atom stereocenters. The number of hydrogen-bond acceptors (Lipinski definition) is 4. The van der Waals surface area contributed by atoms with Crippen LogP contribution in [0, 0.1) is 0 Å². The molecule has 0 atom stereocenters. The molecule has 0 saturated carbocycles. The van der Waals surface area contributed by atoms with Crippen molar-refractivity contribution >= 4 is 0 Å². The molecule has 0 spiro atoms. The molecule has 1 rings (SSSR count). The molecular formula is C13H21NO3. The van der Waals surface area contributed by atoms with Crippen LogP contribution in [0.1, 0.15) is 18.9 Å². The van der Waals surface area contributed by atoms with Crippen molar-refractivity contribution in [1.29, 1.82) is 0 Å². The van der Waals surface area contributed by atoms with Crippen molar-refractivity contribution in [3.63, 3.8) is 0 Å². The Balaban J connectivity index is 2.68. The summed E-state index contributed by atoms with van der Waals surface area (Å²) in [6.45, 7) is 4.31. The second-order valence-corrected chi connectivity index (χ2v) is 3.66. The van der Waals surface area contributed by atoms with E-state index >= 15 is 0 Å². The minimum absolute atomic E-state index is 0.455. The van der Waals surface area contributed by atoms with Crippen molar-refractivity contribution in [1.82, 2.24) is 0 Å². The van der Waals surface area contributed by atoms with Crippen LogP contribution in [0.3, 0.4) is 0 Å². The molecule has 17 heavy (non-hydrogen) atoms.